The standard InChI is InChI=1S/C26H42O4S/c1-15(31-11-10-24(2,3)30)23-21(28)14-20-18-7-6-16-12-17(27)13-22(29)26(16,5)19(18)8-9-25(20,23)4/h6-7,15,17,19-23,27-30H,8-14H2,1-5H3/t15-,17+,19-,20-,21+,22-,23-,25-,26-/m0/s1. The number of rotatable bonds is 5. The van der Waals surface area contributed by atoms with E-state index in [9.17, 15) is 20.4 Å². The first kappa shape index (κ1) is 23.8. The van der Waals surface area contributed by atoms with Crippen LogP contribution in [-0.2, 0) is 0 Å². The predicted octanol–water partition coefficient (Wildman–Crippen LogP) is 4.07. The summed E-state index contributed by atoms with van der Waals surface area (Å²) in [6.45, 7) is 10.6. The Balaban J connectivity index is 1.57. The van der Waals surface area contributed by atoms with Gasteiger partial charge in [0.2, 0.25) is 0 Å². The number of aliphatic hydroxyl groups excluding tert-OH is 3. The Labute approximate surface area is 192 Å². The van der Waals surface area contributed by atoms with Crippen LogP contribution in [0.2, 0.25) is 0 Å². The SMILES string of the molecule is C[C@H](SCCC(C)(C)O)[C@H]1[C@H](O)C[C@H]2C3=CC=C4C[C@@H](O)C[C@H](O)[C@]4(C)[C@H]3CC[C@]12C. The lowest BCUT2D eigenvalue weighted by atomic mass is 9.49. The molecule has 31 heavy (non-hydrogen) atoms. The van der Waals surface area contributed by atoms with Crippen molar-refractivity contribution in [3.8, 4) is 0 Å². The quantitative estimate of drug-likeness (QED) is 0.508. The Bertz CT molecular complexity index is 755. The maximum absolute atomic E-state index is 11.2. The van der Waals surface area contributed by atoms with Gasteiger partial charge in [-0.3, -0.25) is 0 Å². The molecule has 176 valence electrons. The summed E-state index contributed by atoms with van der Waals surface area (Å²) in [6, 6.07) is 0. The van der Waals surface area contributed by atoms with Crippen LogP contribution in [0.1, 0.15) is 73.1 Å². The van der Waals surface area contributed by atoms with E-state index in [0.717, 1.165) is 31.4 Å². The average molecular weight is 451 g/mol. The van der Waals surface area contributed by atoms with E-state index in [0.29, 0.717) is 29.9 Å². The van der Waals surface area contributed by atoms with Gasteiger partial charge < -0.3 is 20.4 Å². The van der Waals surface area contributed by atoms with Crippen LogP contribution >= 0.6 is 11.8 Å². The van der Waals surface area contributed by atoms with Crippen LogP contribution in [0.25, 0.3) is 0 Å². The van der Waals surface area contributed by atoms with Crippen LogP contribution in [0.4, 0.5) is 0 Å². The smallest absolute Gasteiger partial charge is 0.0661 e. The summed E-state index contributed by atoms with van der Waals surface area (Å²) >= 11 is 1.89. The van der Waals surface area contributed by atoms with Gasteiger partial charge in [-0.05, 0) is 69.0 Å². The van der Waals surface area contributed by atoms with Crippen molar-refractivity contribution < 1.29 is 20.4 Å². The van der Waals surface area contributed by atoms with Gasteiger partial charge >= 0.3 is 0 Å². The first-order valence-electron chi connectivity index (χ1n) is 12.2. The zero-order valence-corrected chi connectivity index (χ0v) is 20.7. The summed E-state index contributed by atoms with van der Waals surface area (Å²) in [7, 11) is 0. The third-order valence-corrected chi connectivity index (χ3v) is 10.6. The van der Waals surface area contributed by atoms with Crippen molar-refractivity contribution in [3.05, 3.63) is 23.3 Å². The summed E-state index contributed by atoms with van der Waals surface area (Å²) in [5.74, 6) is 1.79. The van der Waals surface area contributed by atoms with Gasteiger partial charge in [-0.2, -0.15) is 11.8 Å². The Morgan fingerprint density at radius 1 is 1.13 bits per heavy atom. The minimum Gasteiger partial charge on any atom is -0.393 e. The molecule has 4 rings (SSSR count). The van der Waals surface area contributed by atoms with E-state index in [2.05, 4.69) is 32.9 Å². The minimum absolute atomic E-state index is 0.0593. The fourth-order valence-electron chi connectivity index (χ4n) is 7.55. The van der Waals surface area contributed by atoms with Crippen molar-refractivity contribution in [2.45, 2.75) is 102 Å². The Morgan fingerprint density at radius 2 is 1.84 bits per heavy atom. The van der Waals surface area contributed by atoms with E-state index in [1.165, 1.54) is 11.1 Å². The second-order valence-electron chi connectivity index (χ2n) is 11.9. The zero-order valence-electron chi connectivity index (χ0n) is 19.8. The third-order valence-electron chi connectivity index (χ3n) is 9.36. The van der Waals surface area contributed by atoms with Crippen LogP contribution in [-0.4, -0.2) is 55.3 Å². The molecule has 4 N–H and O–H groups in total. The van der Waals surface area contributed by atoms with Crippen molar-refractivity contribution in [3.63, 3.8) is 0 Å². The number of hydrogen-bond acceptors (Lipinski definition) is 5. The molecule has 4 aliphatic rings. The number of allylic oxidation sites excluding steroid dienone is 3. The molecule has 0 unspecified atom stereocenters. The van der Waals surface area contributed by atoms with Gasteiger partial charge in [-0.15, -0.1) is 0 Å². The topological polar surface area (TPSA) is 80.9 Å². The first-order chi connectivity index (χ1) is 14.4. The highest BCUT2D eigenvalue weighted by Gasteiger charge is 2.61. The van der Waals surface area contributed by atoms with E-state index in [1.54, 1.807) is 0 Å². The van der Waals surface area contributed by atoms with Crippen molar-refractivity contribution in [1.82, 2.24) is 0 Å². The Morgan fingerprint density at radius 3 is 2.52 bits per heavy atom. The average Bonchev–Trinajstić information content (AvgIpc) is 2.92. The second kappa shape index (κ2) is 8.16. The third kappa shape index (κ3) is 3.97. The molecule has 0 aromatic carbocycles. The van der Waals surface area contributed by atoms with Gasteiger partial charge in [0.15, 0.2) is 0 Å². The monoisotopic (exact) mass is 450 g/mol. The maximum atomic E-state index is 11.2. The van der Waals surface area contributed by atoms with Gasteiger partial charge in [0.25, 0.3) is 0 Å². The van der Waals surface area contributed by atoms with E-state index in [4.69, 9.17) is 0 Å². The lowest BCUT2D eigenvalue weighted by molar-refractivity contribution is -0.0534. The Hall–Kier alpha value is -0.330. The molecule has 5 heteroatoms. The van der Waals surface area contributed by atoms with Crippen molar-refractivity contribution in [2.75, 3.05) is 5.75 Å². The molecule has 0 aromatic heterocycles. The molecule has 0 bridgehead atoms. The van der Waals surface area contributed by atoms with Crippen LogP contribution in [0.3, 0.4) is 0 Å². The van der Waals surface area contributed by atoms with Crippen molar-refractivity contribution in [1.29, 1.82) is 0 Å². The van der Waals surface area contributed by atoms with Gasteiger partial charge in [0.1, 0.15) is 0 Å². The molecule has 0 radical (unpaired) electrons. The maximum Gasteiger partial charge on any atom is 0.0661 e. The van der Waals surface area contributed by atoms with E-state index in [1.807, 2.05) is 25.6 Å². The summed E-state index contributed by atoms with van der Waals surface area (Å²) in [4.78, 5) is 0. The van der Waals surface area contributed by atoms with Gasteiger partial charge in [-0.1, -0.05) is 44.1 Å². The van der Waals surface area contributed by atoms with Crippen LogP contribution in [0, 0.1) is 28.6 Å². The molecular formula is C26H42O4S. The molecule has 0 spiro atoms. The molecular weight excluding hydrogens is 408 g/mol. The van der Waals surface area contributed by atoms with Crippen LogP contribution < -0.4 is 0 Å². The van der Waals surface area contributed by atoms with Gasteiger partial charge in [0.05, 0.1) is 23.9 Å². The zero-order chi connectivity index (χ0) is 22.8. The normalized spacial score (nSPS) is 45.8. The second-order valence-corrected chi connectivity index (χ2v) is 13.4. The van der Waals surface area contributed by atoms with E-state index in [-0.39, 0.29) is 22.9 Å². The number of hydrogen-bond donors (Lipinski definition) is 4. The highest BCUT2D eigenvalue weighted by Crippen LogP contribution is 2.66. The highest BCUT2D eigenvalue weighted by molar-refractivity contribution is 7.99. The number of fused-ring (bicyclic) bond motifs is 5. The lowest BCUT2D eigenvalue weighted by Crippen LogP contribution is -2.52. The molecule has 4 aliphatic carbocycles. The predicted molar refractivity (Wildman–Crippen MR) is 127 cm³/mol. The molecule has 0 aliphatic heterocycles. The van der Waals surface area contributed by atoms with Crippen LogP contribution in [0.15, 0.2) is 23.3 Å². The Kier molecular flexibility index (Phi) is 6.27. The summed E-state index contributed by atoms with van der Waals surface area (Å²) in [5, 5.41) is 42.8. The van der Waals surface area contributed by atoms with Crippen LogP contribution in [0.5, 0.6) is 0 Å². The molecule has 4 nitrogen and oxygen atoms in total. The molecule has 3 fully saturated rings. The highest BCUT2D eigenvalue weighted by atomic mass is 32.2. The van der Waals surface area contributed by atoms with Gasteiger partial charge in [-0.25, -0.2) is 0 Å². The van der Waals surface area contributed by atoms with E-state index < -0.39 is 17.8 Å². The summed E-state index contributed by atoms with van der Waals surface area (Å²) in [6.07, 6.45) is 7.95. The number of aliphatic hydroxyl groups is 4. The first-order valence-corrected chi connectivity index (χ1v) is 13.2. The molecule has 0 saturated heterocycles. The fraction of sp³-hybridized carbons (Fsp3) is 0.846. The molecule has 3 saturated carbocycles. The molecule has 0 aromatic rings. The van der Waals surface area contributed by atoms with E-state index >= 15 is 0 Å². The number of thioether (sulfide) groups is 1. The van der Waals surface area contributed by atoms with Gasteiger partial charge in [0, 0.05) is 23.0 Å². The minimum atomic E-state index is -0.647. The van der Waals surface area contributed by atoms with Crippen molar-refractivity contribution >= 4 is 11.8 Å². The fourth-order valence-corrected chi connectivity index (χ4v) is 9.24. The molecule has 0 amide bonds. The lowest BCUT2D eigenvalue weighted by Gasteiger charge is -2.56. The molecule has 9 atom stereocenters. The largest absolute Gasteiger partial charge is 0.393 e. The molecule has 0 heterocycles. The summed E-state index contributed by atoms with van der Waals surface area (Å²) < 4.78 is 0. The van der Waals surface area contributed by atoms with Crippen molar-refractivity contribution in [2.24, 2.45) is 28.6 Å². The summed E-state index contributed by atoms with van der Waals surface area (Å²) in [5.41, 5.74) is 1.74.